The van der Waals surface area contributed by atoms with Gasteiger partial charge in [0.1, 0.15) is 6.04 Å². The molecule has 11 heteroatoms. The van der Waals surface area contributed by atoms with Gasteiger partial charge in [0.25, 0.3) is 0 Å². The number of hydrogen-bond acceptors (Lipinski definition) is 4. The fourth-order valence-electron chi connectivity index (χ4n) is 5.54. The van der Waals surface area contributed by atoms with Crippen molar-refractivity contribution in [3.63, 3.8) is 0 Å². The van der Waals surface area contributed by atoms with E-state index in [1.54, 1.807) is 18.2 Å². The number of amides is 1. The van der Waals surface area contributed by atoms with Crippen molar-refractivity contribution >= 4 is 26.8 Å². The summed E-state index contributed by atoms with van der Waals surface area (Å²) >= 11 is 0. The monoisotopic (exact) mass is 548 g/mol. The van der Waals surface area contributed by atoms with Crippen molar-refractivity contribution in [2.75, 3.05) is 19.6 Å². The van der Waals surface area contributed by atoms with E-state index >= 15 is 0 Å². The Hall–Kier alpha value is -2.89. The Morgan fingerprint density at radius 3 is 2.42 bits per heavy atom. The molecule has 1 amide bonds. The van der Waals surface area contributed by atoms with E-state index < -0.39 is 22.2 Å². The number of hydrogen-bond donors (Lipinski definition) is 2. The first-order valence-electron chi connectivity index (χ1n) is 12.8. The molecule has 1 aliphatic heterocycles. The molecule has 1 aliphatic carbocycles. The minimum Gasteiger partial charge on any atom is -0.344 e. The normalized spacial score (nSPS) is 23.1. The number of halogens is 3. The Bertz CT molecular complexity index is 1410. The van der Waals surface area contributed by atoms with Gasteiger partial charge in [-0.15, -0.1) is 0 Å². The van der Waals surface area contributed by atoms with Crippen LogP contribution in [0.2, 0.25) is 0 Å². The van der Waals surface area contributed by atoms with Crippen molar-refractivity contribution in [1.82, 2.24) is 19.5 Å². The van der Waals surface area contributed by atoms with Crippen molar-refractivity contribution in [1.29, 1.82) is 0 Å². The number of nitrogens with zero attached hydrogens (tertiary/aromatic N) is 2. The number of sulfonamides is 1. The van der Waals surface area contributed by atoms with E-state index in [4.69, 9.17) is 0 Å². The highest BCUT2D eigenvalue weighted by Gasteiger charge is 2.43. The van der Waals surface area contributed by atoms with Crippen molar-refractivity contribution in [2.45, 2.75) is 48.8 Å². The number of rotatable bonds is 5. The van der Waals surface area contributed by atoms with Gasteiger partial charge in [0, 0.05) is 55.2 Å². The van der Waals surface area contributed by atoms with Gasteiger partial charge in [0.2, 0.25) is 15.9 Å². The number of piperazine rings is 1. The van der Waals surface area contributed by atoms with E-state index in [2.05, 4.69) is 10.0 Å². The largest absolute Gasteiger partial charge is 0.405 e. The second-order valence-electron chi connectivity index (χ2n) is 10.2. The number of carbonyl (C=O) groups is 1. The molecule has 0 bridgehead atoms. The van der Waals surface area contributed by atoms with E-state index in [1.165, 1.54) is 4.90 Å². The van der Waals surface area contributed by atoms with Crippen LogP contribution in [0.5, 0.6) is 0 Å². The molecule has 1 unspecified atom stereocenters. The molecule has 1 saturated heterocycles. The predicted molar refractivity (Wildman–Crippen MR) is 139 cm³/mol. The van der Waals surface area contributed by atoms with Crippen molar-refractivity contribution in [3.8, 4) is 11.3 Å². The standard InChI is InChI=1S/C27H31F3N4O3S/c1-33-23(18-5-3-2-4-6-18)15-20-9-12-22(16-24(20)33)38(36,37)32-21-10-7-19(8-11-21)26(35)34-14-13-31-25(17-34)27(28,29)30/h2-6,9,12,15-16,19,21,25,31-32H,7-8,10-11,13-14,17H2,1H3/t19-,21-,25?. The molecule has 7 nitrogen and oxygen atoms in total. The van der Waals surface area contributed by atoms with Crippen LogP contribution in [0.1, 0.15) is 25.7 Å². The zero-order valence-electron chi connectivity index (χ0n) is 21.0. The Morgan fingerprint density at radius 1 is 1.03 bits per heavy atom. The number of alkyl halides is 3. The molecule has 1 atom stereocenters. The van der Waals surface area contributed by atoms with Crippen molar-refractivity contribution in [3.05, 3.63) is 54.6 Å². The van der Waals surface area contributed by atoms with Crippen LogP contribution in [0.25, 0.3) is 22.2 Å². The maximum atomic E-state index is 13.2. The van der Waals surface area contributed by atoms with Gasteiger partial charge in [-0.1, -0.05) is 36.4 Å². The number of carbonyl (C=O) groups excluding carboxylic acids is 1. The van der Waals surface area contributed by atoms with Crippen LogP contribution in [0.4, 0.5) is 13.2 Å². The van der Waals surface area contributed by atoms with E-state index in [1.807, 2.05) is 48.0 Å². The number of benzene rings is 2. The first kappa shape index (κ1) is 26.7. The average molecular weight is 549 g/mol. The van der Waals surface area contributed by atoms with Crippen molar-refractivity contribution in [2.24, 2.45) is 13.0 Å². The second kappa shape index (κ2) is 10.3. The minimum absolute atomic E-state index is 0.101. The Kier molecular flexibility index (Phi) is 7.27. The van der Waals surface area contributed by atoms with E-state index in [0.717, 1.165) is 22.2 Å². The lowest BCUT2D eigenvalue weighted by atomic mass is 9.85. The molecule has 2 aromatic carbocycles. The first-order chi connectivity index (χ1) is 18.0. The predicted octanol–water partition coefficient (Wildman–Crippen LogP) is 4.05. The molecule has 38 heavy (non-hydrogen) atoms. The van der Waals surface area contributed by atoms with Gasteiger partial charge in [0.05, 0.1) is 4.90 Å². The lowest BCUT2D eigenvalue weighted by molar-refractivity contribution is -0.169. The molecule has 2 aliphatic rings. The van der Waals surface area contributed by atoms with E-state index in [-0.39, 0.29) is 42.4 Å². The Balaban J connectivity index is 1.23. The number of aryl methyl sites for hydroxylation is 1. The Morgan fingerprint density at radius 2 is 1.74 bits per heavy atom. The van der Waals surface area contributed by atoms with Crippen molar-refractivity contribution < 1.29 is 26.4 Å². The van der Waals surface area contributed by atoms with E-state index in [0.29, 0.717) is 25.7 Å². The van der Waals surface area contributed by atoms with Gasteiger partial charge < -0.3 is 14.8 Å². The number of nitrogens with one attached hydrogen (secondary N) is 2. The second-order valence-corrected chi connectivity index (χ2v) is 11.9. The zero-order valence-corrected chi connectivity index (χ0v) is 21.9. The summed E-state index contributed by atoms with van der Waals surface area (Å²) in [5.41, 5.74) is 2.82. The van der Waals surface area contributed by atoms with Crippen LogP contribution in [0.15, 0.2) is 59.5 Å². The molecule has 1 saturated carbocycles. The summed E-state index contributed by atoms with van der Waals surface area (Å²) in [6.45, 7) is -0.0442. The average Bonchev–Trinajstić information content (AvgIpc) is 3.24. The molecular weight excluding hydrogens is 517 g/mol. The molecule has 204 valence electrons. The smallest absolute Gasteiger partial charge is 0.344 e. The number of aromatic nitrogens is 1. The lowest BCUT2D eigenvalue weighted by Crippen LogP contribution is -2.59. The Labute approximate surface area is 220 Å². The third kappa shape index (κ3) is 5.45. The molecule has 3 aromatic rings. The van der Waals surface area contributed by atoms with Crippen LogP contribution < -0.4 is 10.0 Å². The molecule has 2 heterocycles. The highest BCUT2D eigenvalue weighted by molar-refractivity contribution is 7.89. The summed E-state index contributed by atoms with van der Waals surface area (Å²) in [5, 5.41) is 3.36. The lowest BCUT2D eigenvalue weighted by Gasteiger charge is -2.38. The molecule has 2 N–H and O–H groups in total. The van der Waals surface area contributed by atoms with Crippen LogP contribution in [-0.2, 0) is 21.9 Å². The van der Waals surface area contributed by atoms with Crippen LogP contribution in [0.3, 0.4) is 0 Å². The molecule has 0 spiro atoms. The third-order valence-corrected chi connectivity index (χ3v) is 9.20. The third-order valence-electron chi connectivity index (χ3n) is 7.68. The van der Waals surface area contributed by atoms with Gasteiger partial charge >= 0.3 is 6.18 Å². The summed E-state index contributed by atoms with van der Waals surface area (Å²) in [6, 6.07) is 14.9. The summed E-state index contributed by atoms with van der Waals surface area (Å²) in [7, 11) is -1.89. The SMILES string of the molecule is Cn1c(-c2ccccc2)cc2ccc(S(=O)(=O)N[C@H]3CC[C@H](C(=O)N4CCNC(C(F)(F)F)C4)CC3)cc21. The highest BCUT2D eigenvalue weighted by atomic mass is 32.2. The van der Waals surface area contributed by atoms with Gasteiger partial charge in [0.15, 0.2) is 0 Å². The summed E-state index contributed by atoms with van der Waals surface area (Å²) in [4.78, 5) is 14.4. The molecule has 2 fully saturated rings. The van der Waals surface area contributed by atoms with Crippen LogP contribution in [0, 0.1) is 5.92 Å². The summed E-state index contributed by atoms with van der Waals surface area (Å²) in [5.74, 6) is -0.663. The topological polar surface area (TPSA) is 83.4 Å². The maximum Gasteiger partial charge on any atom is 0.405 e. The van der Waals surface area contributed by atoms with Gasteiger partial charge in [-0.3, -0.25) is 4.79 Å². The zero-order chi connectivity index (χ0) is 27.1. The quantitative estimate of drug-likeness (QED) is 0.504. The molecule has 1 aromatic heterocycles. The van der Waals surface area contributed by atoms with Gasteiger partial charge in [-0.05, 0) is 49.4 Å². The molecular formula is C27H31F3N4O3S. The van der Waals surface area contributed by atoms with Gasteiger partial charge in [-0.25, -0.2) is 13.1 Å². The fraction of sp³-hybridized carbons (Fsp3) is 0.444. The van der Waals surface area contributed by atoms with E-state index in [9.17, 15) is 26.4 Å². The maximum absolute atomic E-state index is 13.2. The van der Waals surface area contributed by atoms with Crippen LogP contribution in [-0.4, -0.2) is 61.7 Å². The van der Waals surface area contributed by atoms with Gasteiger partial charge in [-0.2, -0.15) is 13.2 Å². The first-order valence-corrected chi connectivity index (χ1v) is 14.3. The molecule has 0 radical (unpaired) electrons. The summed E-state index contributed by atoms with van der Waals surface area (Å²) in [6.07, 6.45) is -2.63. The number of fused-ring (bicyclic) bond motifs is 1. The minimum atomic E-state index is -4.40. The van der Waals surface area contributed by atoms with Crippen LogP contribution >= 0.6 is 0 Å². The summed E-state index contributed by atoms with van der Waals surface area (Å²) < 4.78 is 70.5. The molecule has 5 rings (SSSR count). The fourth-order valence-corrected chi connectivity index (χ4v) is 6.86. The highest BCUT2D eigenvalue weighted by Crippen LogP contribution is 2.31.